The summed E-state index contributed by atoms with van der Waals surface area (Å²) < 4.78 is 11.0. The Hall–Kier alpha value is -1.66. The summed E-state index contributed by atoms with van der Waals surface area (Å²) in [6.45, 7) is 5.01. The molecule has 0 bridgehead atoms. The molecule has 26 heavy (non-hydrogen) atoms. The molecule has 2 fully saturated rings. The maximum atomic E-state index is 12.1. The summed E-state index contributed by atoms with van der Waals surface area (Å²) in [6, 6.07) is 3.67. The van der Waals surface area contributed by atoms with Gasteiger partial charge < -0.3 is 14.8 Å². The Labute approximate surface area is 156 Å². The average Bonchev–Trinajstić information content (AvgIpc) is 2.69. The molecule has 1 saturated heterocycles. The van der Waals surface area contributed by atoms with Crippen LogP contribution in [0, 0.1) is 5.92 Å². The van der Waals surface area contributed by atoms with Gasteiger partial charge in [0.1, 0.15) is 6.61 Å². The van der Waals surface area contributed by atoms with Crippen LogP contribution in [-0.2, 0) is 9.53 Å². The number of carbonyl (C=O) groups excluding carboxylic acids is 1. The van der Waals surface area contributed by atoms with Gasteiger partial charge in [0.05, 0.1) is 25.1 Å². The second kappa shape index (κ2) is 10.5. The highest BCUT2D eigenvalue weighted by Gasteiger charge is 2.15. The van der Waals surface area contributed by atoms with Crippen molar-refractivity contribution in [1.29, 1.82) is 0 Å². The minimum Gasteiger partial charge on any atom is -0.476 e. The second-order valence-corrected chi connectivity index (χ2v) is 7.28. The van der Waals surface area contributed by atoms with Crippen molar-refractivity contribution in [2.45, 2.75) is 44.9 Å². The molecule has 0 radical (unpaired) electrons. The average molecular weight is 361 g/mol. The summed E-state index contributed by atoms with van der Waals surface area (Å²) in [5, 5.41) is 2.94. The molecule has 1 N–H and O–H groups in total. The first-order valence-corrected chi connectivity index (χ1v) is 9.98. The van der Waals surface area contributed by atoms with Crippen LogP contribution in [0.15, 0.2) is 18.3 Å². The molecular weight excluding hydrogens is 330 g/mol. The van der Waals surface area contributed by atoms with Crippen molar-refractivity contribution < 1.29 is 14.3 Å². The maximum absolute atomic E-state index is 12.1. The van der Waals surface area contributed by atoms with E-state index in [2.05, 4.69) is 15.2 Å². The number of nitrogens with zero attached hydrogens (tertiary/aromatic N) is 2. The van der Waals surface area contributed by atoms with E-state index in [1.165, 1.54) is 32.1 Å². The molecule has 1 saturated carbocycles. The van der Waals surface area contributed by atoms with Gasteiger partial charge in [-0.1, -0.05) is 32.1 Å². The third kappa shape index (κ3) is 6.57. The molecule has 1 amide bonds. The van der Waals surface area contributed by atoms with Gasteiger partial charge in [0.2, 0.25) is 11.8 Å². The Kier molecular flexibility index (Phi) is 7.70. The molecule has 1 aromatic rings. The molecule has 0 aromatic carbocycles. The monoisotopic (exact) mass is 361 g/mol. The number of anilines is 1. The predicted molar refractivity (Wildman–Crippen MR) is 101 cm³/mol. The fourth-order valence-electron chi connectivity index (χ4n) is 3.68. The minimum absolute atomic E-state index is 0.0818. The van der Waals surface area contributed by atoms with Gasteiger partial charge >= 0.3 is 0 Å². The minimum atomic E-state index is 0.0818. The van der Waals surface area contributed by atoms with Gasteiger partial charge in [-0.25, -0.2) is 4.98 Å². The van der Waals surface area contributed by atoms with Gasteiger partial charge in [-0.05, 0) is 18.4 Å². The van der Waals surface area contributed by atoms with Crippen LogP contribution in [0.4, 0.5) is 5.69 Å². The van der Waals surface area contributed by atoms with Crippen molar-refractivity contribution in [3.63, 3.8) is 0 Å². The van der Waals surface area contributed by atoms with Crippen molar-refractivity contribution in [2.24, 2.45) is 5.92 Å². The fourth-order valence-corrected chi connectivity index (χ4v) is 3.68. The van der Waals surface area contributed by atoms with Crippen molar-refractivity contribution in [1.82, 2.24) is 9.88 Å². The summed E-state index contributed by atoms with van der Waals surface area (Å²) in [6.07, 6.45) is 9.84. The predicted octanol–water partition coefficient (Wildman–Crippen LogP) is 3.09. The number of carbonyl (C=O) groups is 1. The summed E-state index contributed by atoms with van der Waals surface area (Å²) in [5.41, 5.74) is 0.735. The Bertz CT molecular complexity index is 538. The highest BCUT2D eigenvalue weighted by molar-refractivity contribution is 5.90. The standard InChI is InChI=1S/C20H31N3O3/c24-19(8-6-17-4-2-1-3-5-17)22-18-7-9-20(21-16-18)26-15-12-23-10-13-25-14-11-23/h7,9,16-17H,1-6,8,10-15H2,(H,22,24). The lowest BCUT2D eigenvalue weighted by atomic mass is 9.86. The fraction of sp³-hybridized carbons (Fsp3) is 0.700. The zero-order valence-electron chi connectivity index (χ0n) is 15.6. The Morgan fingerprint density at radius 3 is 2.77 bits per heavy atom. The number of pyridine rings is 1. The number of morpholine rings is 1. The lowest BCUT2D eigenvalue weighted by Gasteiger charge is -2.26. The maximum Gasteiger partial charge on any atom is 0.224 e. The molecule has 0 unspecified atom stereocenters. The van der Waals surface area contributed by atoms with Crippen molar-refractivity contribution in [3.05, 3.63) is 18.3 Å². The number of hydrogen-bond donors (Lipinski definition) is 1. The summed E-state index contributed by atoms with van der Waals surface area (Å²) in [5.74, 6) is 1.41. The summed E-state index contributed by atoms with van der Waals surface area (Å²) in [4.78, 5) is 18.7. The molecule has 1 aliphatic carbocycles. The molecule has 6 heteroatoms. The van der Waals surface area contributed by atoms with Crippen LogP contribution in [0.3, 0.4) is 0 Å². The smallest absolute Gasteiger partial charge is 0.224 e. The zero-order chi connectivity index (χ0) is 18.0. The van der Waals surface area contributed by atoms with Crippen molar-refractivity contribution in [3.8, 4) is 5.88 Å². The van der Waals surface area contributed by atoms with Crippen LogP contribution < -0.4 is 10.1 Å². The van der Waals surface area contributed by atoms with Gasteiger partial charge in [0.15, 0.2) is 0 Å². The van der Waals surface area contributed by atoms with Crippen LogP contribution in [0.2, 0.25) is 0 Å². The molecule has 2 aliphatic rings. The van der Waals surface area contributed by atoms with Gasteiger partial charge in [-0.15, -0.1) is 0 Å². The molecule has 1 aromatic heterocycles. The van der Waals surface area contributed by atoms with E-state index < -0.39 is 0 Å². The van der Waals surface area contributed by atoms with Gasteiger partial charge in [-0.2, -0.15) is 0 Å². The topological polar surface area (TPSA) is 63.7 Å². The molecule has 0 atom stereocenters. The zero-order valence-corrected chi connectivity index (χ0v) is 15.6. The molecule has 1 aliphatic heterocycles. The van der Waals surface area contributed by atoms with E-state index in [1.807, 2.05) is 12.1 Å². The van der Waals surface area contributed by atoms with E-state index in [0.29, 0.717) is 18.9 Å². The van der Waals surface area contributed by atoms with E-state index >= 15 is 0 Å². The highest BCUT2D eigenvalue weighted by Crippen LogP contribution is 2.27. The van der Waals surface area contributed by atoms with E-state index in [9.17, 15) is 4.79 Å². The highest BCUT2D eigenvalue weighted by atomic mass is 16.5. The van der Waals surface area contributed by atoms with E-state index in [1.54, 1.807) is 6.20 Å². The lowest BCUT2D eigenvalue weighted by Crippen LogP contribution is -2.38. The van der Waals surface area contributed by atoms with Crippen LogP contribution >= 0.6 is 0 Å². The Balaban J connectivity index is 1.33. The molecule has 144 valence electrons. The van der Waals surface area contributed by atoms with Crippen LogP contribution in [-0.4, -0.2) is 55.2 Å². The van der Waals surface area contributed by atoms with Gasteiger partial charge in [-0.3, -0.25) is 9.69 Å². The first-order chi connectivity index (χ1) is 12.8. The second-order valence-electron chi connectivity index (χ2n) is 7.28. The number of amides is 1. The molecular formula is C20H31N3O3. The summed E-state index contributed by atoms with van der Waals surface area (Å²) >= 11 is 0. The normalized spacial score (nSPS) is 19.2. The SMILES string of the molecule is O=C(CCC1CCCCC1)Nc1ccc(OCCN2CCOCC2)nc1. The number of nitrogens with one attached hydrogen (secondary N) is 1. The summed E-state index contributed by atoms with van der Waals surface area (Å²) in [7, 11) is 0. The van der Waals surface area contributed by atoms with E-state index in [-0.39, 0.29) is 5.91 Å². The molecule has 6 nitrogen and oxygen atoms in total. The van der Waals surface area contributed by atoms with Gasteiger partial charge in [0, 0.05) is 32.1 Å². The van der Waals surface area contributed by atoms with Gasteiger partial charge in [0.25, 0.3) is 0 Å². The van der Waals surface area contributed by atoms with Crippen molar-refractivity contribution >= 4 is 11.6 Å². The number of rotatable bonds is 8. The molecule has 0 spiro atoms. The number of aromatic nitrogens is 1. The van der Waals surface area contributed by atoms with Crippen LogP contribution in [0.1, 0.15) is 44.9 Å². The van der Waals surface area contributed by atoms with Crippen LogP contribution in [0.25, 0.3) is 0 Å². The third-order valence-electron chi connectivity index (χ3n) is 5.29. The first-order valence-electron chi connectivity index (χ1n) is 9.98. The lowest BCUT2D eigenvalue weighted by molar-refractivity contribution is -0.116. The number of hydrogen-bond acceptors (Lipinski definition) is 5. The third-order valence-corrected chi connectivity index (χ3v) is 5.29. The largest absolute Gasteiger partial charge is 0.476 e. The number of ether oxygens (including phenoxy) is 2. The van der Waals surface area contributed by atoms with Crippen molar-refractivity contribution in [2.75, 3.05) is 44.8 Å². The van der Waals surface area contributed by atoms with E-state index in [4.69, 9.17) is 9.47 Å². The van der Waals surface area contributed by atoms with E-state index in [0.717, 1.165) is 50.9 Å². The molecule has 2 heterocycles. The first kappa shape index (κ1) is 19.1. The quantitative estimate of drug-likeness (QED) is 0.771. The Morgan fingerprint density at radius 2 is 2.04 bits per heavy atom. The molecule has 3 rings (SSSR count). The van der Waals surface area contributed by atoms with Crippen LogP contribution in [0.5, 0.6) is 5.88 Å². The Morgan fingerprint density at radius 1 is 1.23 bits per heavy atom.